The van der Waals surface area contributed by atoms with E-state index in [1.54, 1.807) is 23.9 Å². The van der Waals surface area contributed by atoms with Gasteiger partial charge in [-0.15, -0.1) is 0 Å². The first-order valence-corrected chi connectivity index (χ1v) is 7.71. The van der Waals surface area contributed by atoms with Gasteiger partial charge in [0.1, 0.15) is 13.2 Å². The van der Waals surface area contributed by atoms with Gasteiger partial charge in [-0.3, -0.25) is 4.79 Å². The average molecular weight is 321 g/mol. The number of halogens is 1. The lowest BCUT2D eigenvalue weighted by molar-refractivity contribution is 0.101. The van der Waals surface area contributed by atoms with Gasteiger partial charge in [0, 0.05) is 15.4 Å². The van der Waals surface area contributed by atoms with Crippen molar-refractivity contribution in [1.82, 2.24) is 0 Å². The highest BCUT2D eigenvalue weighted by atomic mass is 35.5. The van der Waals surface area contributed by atoms with Crippen LogP contribution in [0.1, 0.15) is 17.3 Å². The van der Waals surface area contributed by atoms with Crippen LogP contribution in [0.3, 0.4) is 0 Å². The largest absolute Gasteiger partial charge is 0.486 e. The molecule has 0 spiro atoms. The van der Waals surface area contributed by atoms with E-state index in [4.69, 9.17) is 21.1 Å². The Morgan fingerprint density at radius 2 is 1.71 bits per heavy atom. The van der Waals surface area contributed by atoms with Gasteiger partial charge >= 0.3 is 0 Å². The van der Waals surface area contributed by atoms with E-state index in [1.165, 1.54) is 6.92 Å². The first-order chi connectivity index (χ1) is 10.1. The second kappa shape index (κ2) is 6.00. The Bertz CT molecular complexity index is 700. The fourth-order valence-corrected chi connectivity index (χ4v) is 3.33. The highest BCUT2D eigenvalue weighted by Crippen LogP contribution is 2.37. The minimum absolute atomic E-state index is 0.0316. The Morgan fingerprint density at radius 3 is 2.43 bits per heavy atom. The zero-order chi connectivity index (χ0) is 14.8. The maximum absolute atomic E-state index is 11.4. The Morgan fingerprint density at radius 1 is 1.05 bits per heavy atom. The Balaban J connectivity index is 1.83. The number of ketones is 1. The van der Waals surface area contributed by atoms with Crippen LogP contribution in [-0.2, 0) is 0 Å². The second-order valence-corrected chi connectivity index (χ2v) is 6.16. The summed E-state index contributed by atoms with van der Waals surface area (Å²) in [6.07, 6.45) is 0. The maximum atomic E-state index is 11.4. The molecule has 1 aliphatic heterocycles. The maximum Gasteiger partial charge on any atom is 0.162 e. The van der Waals surface area contributed by atoms with Gasteiger partial charge in [-0.05, 0) is 43.3 Å². The van der Waals surface area contributed by atoms with Gasteiger partial charge in [0.15, 0.2) is 17.3 Å². The van der Waals surface area contributed by atoms with Crippen LogP contribution in [0.2, 0.25) is 5.02 Å². The predicted octanol–water partition coefficient (Wildman–Crippen LogP) is 4.47. The van der Waals surface area contributed by atoms with Crippen molar-refractivity contribution in [2.75, 3.05) is 13.2 Å². The third kappa shape index (κ3) is 3.17. The molecule has 21 heavy (non-hydrogen) atoms. The van der Waals surface area contributed by atoms with Crippen LogP contribution in [-0.4, -0.2) is 19.0 Å². The van der Waals surface area contributed by atoms with Crippen LogP contribution in [0, 0.1) is 0 Å². The molecule has 1 aliphatic rings. The lowest BCUT2D eigenvalue weighted by atomic mass is 10.1. The van der Waals surface area contributed by atoms with Crippen LogP contribution < -0.4 is 9.47 Å². The molecule has 0 unspecified atom stereocenters. The average Bonchev–Trinajstić information content (AvgIpc) is 2.47. The summed E-state index contributed by atoms with van der Waals surface area (Å²) < 4.78 is 11.1. The van der Waals surface area contributed by atoms with Crippen molar-refractivity contribution >= 4 is 29.1 Å². The molecule has 2 aromatic carbocycles. The van der Waals surface area contributed by atoms with Gasteiger partial charge in [0.2, 0.25) is 0 Å². The molecule has 0 saturated carbocycles. The number of rotatable bonds is 3. The van der Waals surface area contributed by atoms with Crippen molar-refractivity contribution in [3.8, 4) is 11.5 Å². The summed E-state index contributed by atoms with van der Waals surface area (Å²) in [4.78, 5) is 13.4. The van der Waals surface area contributed by atoms with Gasteiger partial charge in [-0.25, -0.2) is 0 Å². The van der Waals surface area contributed by atoms with Crippen molar-refractivity contribution < 1.29 is 14.3 Å². The highest BCUT2D eigenvalue weighted by molar-refractivity contribution is 7.99. The third-order valence-electron chi connectivity index (χ3n) is 3.07. The summed E-state index contributed by atoms with van der Waals surface area (Å²) in [5.41, 5.74) is 0.545. The van der Waals surface area contributed by atoms with E-state index in [1.807, 2.05) is 24.3 Å². The molecule has 1 heterocycles. The van der Waals surface area contributed by atoms with Crippen molar-refractivity contribution in [1.29, 1.82) is 0 Å². The Hall–Kier alpha value is -1.65. The number of benzene rings is 2. The molecule has 0 aromatic heterocycles. The minimum atomic E-state index is -0.0316. The number of Topliss-reactive ketones (excluding diaryl/α,β-unsaturated/α-hetero) is 1. The smallest absolute Gasteiger partial charge is 0.162 e. The first kappa shape index (κ1) is 14.3. The minimum Gasteiger partial charge on any atom is -0.486 e. The van der Waals surface area contributed by atoms with Gasteiger partial charge in [-0.1, -0.05) is 23.4 Å². The second-order valence-electron chi connectivity index (χ2n) is 4.61. The molecule has 0 N–H and O–H groups in total. The van der Waals surface area contributed by atoms with Crippen molar-refractivity contribution in [3.63, 3.8) is 0 Å². The SMILES string of the molecule is CC(=O)c1ccc(Sc2ccc3c(c2)OCCO3)cc1Cl. The van der Waals surface area contributed by atoms with Crippen LogP contribution in [0.5, 0.6) is 11.5 Å². The molecule has 108 valence electrons. The number of fused-ring (bicyclic) bond motifs is 1. The first-order valence-electron chi connectivity index (χ1n) is 6.51. The number of ether oxygens (including phenoxy) is 2. The van der Waals surface area contributed by atoms with Gasteiger partial charge in [-0.2, -0.15) is 0 Å². The molecule has 0 saturated heterocycles. The van der Waals surface area contributed by atoms with Gasteiger partial charge in [0.25, 0.3) is 0 Å². The monoisotopic (exact) mass is 320 g/mol. The molecule has 5 heteroatoms. The lowest BCUT2D eigenvalue weighted by Gasteiger charge is -2.18. The standard InChI is InChI=1S/C16H13ClO3S/c1-10(18)13-4-2-11(8-14(13)17)21-12-3-5-15-16(9-12)20-7-6-19-15/h2-5,8-9H,6-7H2,1H3. The van der Waals surface area contributed by atoms with E-state index < -0.39 is 0 Å². The Kier molecular flexibility index (Phi) is 4.08. The van der Waals surface area contributed by atoms with E-state index in [9.17, 15) is 4.79 Å². The van der Waals surface area contributed by atoms with Gasteiger partial charge in [0.05, 0.1) is 5.02 Å². The number of hydrogen-bond donors (Lipinski definition) is 0. The zero-order valence-electron chi connectivity index (χ0n) is 11.4. The molecule has 3 rings (SSSR count). The Labute approximate surface area is 132 Å². The molecule has 3 nitrogen and oxygen atoms in total. The molecule has 0 radical (unpaired) electrons. The molecular formula is C16H13ClO3S. The van der Waals surface area contributed by atoms with Crippen molar-refractivity contribution in [2.45, 2.75) is 16.7 Å². The van der Waals surface area contributed by atoms with E-state index in [0.717, 1.165) is 21.3 Å². The molecule has 0 aliphatic carbocycles. The summed E-state index contributed by atoms with van der Waals surface area (Å²) in [5, 5.41) is 0.477. The quantitative estimate of drug-likeness (QED) is 0.782. The van der Waals surface area contributed by atoms with Crippen LogP contribution in [0.15, 0.2) is 46.2 Å². The van der Waals surface area contributed by atoms with Gasteiger partial charge < -0.3 is 9.47 Å². The summed E-state index contributed by atoms with van der Waals surface area (Å²) in [7, 11) is 0. The number of hydrogen-bond acceptors (Lipinski definition) is 4. The van der Waals surface area contributed by atoms with Crippen molar-refractivity contribution in [2.24, 2.45) is 0 Å². The molecule has 0 bridgehead atoms. The van der Waals surface area contributed by atoms with Crippen LogP contribution >= 0.6 is 23.4 Å². The normalized spacial score (nSPS) is 13.0. The molecule has 0 amide bonds. The summed E-state index contributed by atoms with van der Waals surface area (Å²) in [5.74, 6) is 1.50. The fourth-order valence-electron chi connectivity index (χ4n) is 2.07. The van der Waals surface area contributed by atoms with Crippen molar-refractivity contribution in [3.05, 3.63) is 47.0 Å². The molecule has 2 aromatic rings. The highest BCUT2D eigenvalue weighted by Gasteiger charge is 2.13. The topological polar surface area (TPSA) is 35.5 Å². The van der Waals surface area contributed by atoms with E-state index in [2.05, 4.69) is 0 Å². The third-order valence-corrected chi connectivity index (χ3v) is 4.36. The summed E-state index contributed by atoms with van der Waals surface area (Å²) in [6, 6.07) is 11.3. The predicted molar refractivity (Wildman–Crippen MR) is 83.0 cm³/mol. The van der Waals surface area contributed by atoms with E-state index in [0.29, 0.717) is 23.8 Å². The van der Waals surface area contributed by atoms with E-state index in [-0.39, 0.29) is 5.78 Å². The number of carbonyl (C=O) groups is 1. The van der Waals surface area contributed by atoms with E-state index >= 15 is 0 Å². The van der Waals surface area contributed by atoms with Crippen LogP contribution in [0.4, 0.5) is 0 Å². The summed E-state index contributed by atoms with van der Waals surface area (Å²) in [6.45, 7) is 2.66. The lowest BCUT2D eigenvalue weighted by Crippen LogP contribution is -2.15. The molecule has 0 fully saturated rings. The molecular weight excluding hydrogens is 308 g/mol. The molecule has 0 atom stereocenters. The zero-order valence-corrected chi connectivity index (χ0v) is 13.0. The fraction of sp³-hybridized carbons (Fsp3) is 0.188. The summed E-state index contributed by atoms with van der Waals surface area (Å²) >= 11 is 7.69. The number of carbonyl (C=O) groups excluding carboxylic acids is 1. The van der Waals surface area contributed by atoms with Crippen LogP contribution in [0.25, 0.3) is 0 Å².